The summed E-state index contributed by atoms with van der Waals surface area (Å²) in [4.78, 5) is 23.5. The Balaban J connectivity index is 1.82. The van der Waals surface area contributed by atoms with Crippen molar-refractivity contribution in [3.63, 3.8) is 0 Å². The van der Waals surface area contributed by atoms with Crippen LogP contribution in [0.3, 0.4) is 0 Å². The van der Waals surface area contributed by atoms with Gasteiger partial charge in [0.15, 0.2) is 18.1 Å². The SMILES string of the molecule is COC(=O)COc1ccc(C(=O)NCCOC2CCCCC2C)cc1OC. The molecular formula is C20H29NO6. The lowest BCUT2D eigenvalue weighted by molar-refractivity contribution is -0.142. The van der Waals surface area contributed by atoms with Gasteiger partial charge in [-0.3, -0.25) is 4.79 Å². The van der Waals surface area contributed by atoms with E-state index >= 15 is 0 Å². The maximum absolute atomic E-state index is 12.3. The van der Waals surface area contributed by atoms with Crippen LogP contribution in [-0.2, 0) is 14.3 Å². The Bertz CT molecular complexity index is 633. The van der Waals surface area contributed by atoms with E-state index in [0.717, 1.165) is 6.42 Å². The normalized spacial score (nSPS) is 19.2. The highest BCUT2D eigenvalue weighted by Crippen LogP contribution is 2.28. The lowest BCUT2D eigenvalue weighted by Crippen LogP contribution is -2.31. The Morgan fingerprint density at radius 1 is 1.15 bits per heavy atom. The van der Waals surface area contributed by atoms with Crippen LogP contribution in [0.4, 0.5) is 0 Å². The van der Waals surface area contributed by atoms with E-state index in [9.17, 15) is 9.59 Å². The molecule has 2 atom stereocenters. The highest BCUT2D eigenvalue weighted by Gasteiger charge is 2.21. The van der Waals surface area contributed by atoms with Gasteiger partial charge in [-0.2, -0.15) is 0 Å². The minimum absolute atomic E-state index is 0.215. The van der Waals surface area contributed by atoms with E-state index in [4.69, 9.17) is 14.2 Å². The predicted octanol–water partition coefficient (Wildman–Crippen LogP) is 2.57. The average Bonchev–Trinajstić information content (AvgIpc) is 2.70. The van der Waals surface area contributed by atoms with Gasteiger partial charge in [-0.25, -0.2) is 4.79 Å². The number of ether oxygens (including phenoxy) is 4. The zero-order chi connectivity index (χ0) is 19.6. The molecule has 0 aliphatic heterocycles. The van der Waals surface area contributed by atoms with E-state index in [1.54, 1.807) is 18.2 Å². The number of hydrogen-bond donors (Lipinski definition) is 1. The molecule has 1 saturated carbocycles. The largest absolute Gasteiger partial charge is 0.493 e. The molecule has 1 fully saturated rings. The van der Waals surface area contributed by atoms with Crippen LogP contribution < -0.4 is 14.8 Å². The van der Waals surface area contributed by atoms with Gasteiger partial charge < -0.3 is 24.3 Å². The van der Waals surface area contributed by atoms with Gasteiger partial charge in [0.25, 0.3) is 5.91 Å². The fourth-order valence-electron chi connectivity index (χ4n) is 3.13. The van der Waals surface area contributed by atoms with E-state index in [0.29, 0.717) is 42.2 Å². The third-order valence-corrected chi connectivity index (χ3v) is 4.75. The van der Waals surface area contributed by atoms with Crippen molar-refractivity contribution in [2.45, 2.75) is 38.7 Å². The first-order chi connectivity index (χ1) is 13.0. The smallest absolute Gasteiger partial charge is 0.343 e. The number of methoxy groups -OCH3 is 2. The molecule has 1 aromatic rings. The number of benzene rings is 1. The summed E-state index contributed by atoms with van der Waals surface area (Å²) in [7, 11) is 2.76. The molecule has 0 saturated heterocycles. The van der Waals surface area contributed by atoms with Crippen molar-refractivity contribution >= 4 is 11.9 Å². The molecule has 1 amide bonds. The highest BCUT2D eigenvalue weighted by molar-refractivity contribution is 5.94. The minimum atomic E-state index is -0.494. The van der Waals surface area contributed by atoms with Crippen LogP contribution in [0, 0.1) is 5.92 Å². The fraction of sp³-hybridized carbons (Fsp3) is 0.600. The molecule has 1 aliphatic rings. The third-order valence-electron chi connectivity index (χ3n) is 4.75. The van der Waals surface area contributed by atoms with E-state index in [2.05, 4.69) is 17.0 Å². The minimum Gasteiger partial charge on any atom is -0.493 e. The third kappa shape index (κ3) is 6.43. The van der Waals surface area contributed by atoms with Crippen LogP contribution in [0.1, 0.15) is 43.0 Å². The van der Waals surface area contributed by atoms with Crippen molar-refractivity contribution in [2.75, 3.05) is 34.0 Å². The van der Waals surface area contributed by atoms with Crippen LogP contribution in [0.2, 0.25) is 0 Å². The maximum Gasteiger partial charge on any atom is 0.343 e. The van der Waals surface area contributed by atoms with E-state index in [1.165, 1.54) is 33.5 Å². The van der Waals surface area contributed by atoms with Crippen molar-refractivity contribution in [3.8, 4) is 11.5 Å². The van der Waals surface area contributed by atoms with Crippen LogP contribution in [-0.4, -0.2) is 52.0 Å². The van der Waals surface area contributed by atoms with Gasteiger partial charge in [-0.1, -0.05) is 19.8 Å². The number of amides is 1. The second-order valence-corrected chi connectivity index (χ2v) is 6.66. The Morgan fingerprint density at radius 3 is 2.63 bits per heavy atom. The Morgan fingerprint density at radius 2 is 1.93 bits per heavy atom. The van der Waals surface area contributed by atoms with Gasteiger partial charge in [-0.05, 0) is 37.0 Å². The van der Waals surface area contributed by atoms with Gasteiger partial charge in [0.1, 0.15) is 0 Å². The molecule has 7 nitrogen and oxygen atoms in total. The van der Waals surface area contributed by atoms with Gasteiger partial charge in [0.05, 0.1) is 26.9 Å². The summed E-state index contributed by atoms with van der Waals surface area (Å²) in [5.41, 5.74) is 0.448. The van der Waals surface area contributed by atoms with Crippen molar-refractivity contribution in [1.29, 1.82) is 0 Å². The summed E-state index contributed by atoms with van der Waals surface area (Å²) in [6.45, 7) is 2.94. The summed E-state index contributed by atoms with van der Waals surface area (Å²) in [5, 5.41) is 2.85. The molecular weight excluding hydrogens is 350 g/mol. The van der Waals surface area contributed by atoms with Crippen molar-refractivity contribution in [3.05, 3.63) is 23.8 Å². The molecule has 2 unspecified atom stereocenters. The number of esters is 1. The summed E-state index contributed by atoms with van der Waals surface area (Å²) < 4.78 is 21.0. The Hall–Kier alpha value is -2.28. The zero-order valence-electron chi connectivity index (χ0n) is 16.3. The monoisotopic (exact) mass is 379 g/mol. The van der Waals surface area contributed by atoms with Gasteiger partial charge in [-0.15, -0.1) is 0 Å². The van der Waals surface area contributed by atoms with Crippen molar-refractivity contribution < 1.29 is 28.5 Å². The standard InChI is InChI=1S/C20H29NO6/c1-14-6-4-5-7-16(14)26-11-10-21-20(23)15-8-9-17(18(12-15)24-2)27-13-19(22)25-3/h8-9,12,14,16H,4-7,10-11,13H2,1-3H3,(H,21,23). The molecule has 7 heteroatoms. The average molecular weight is 379 g/mol. The first kappa shape index (κ1) is 21.0. The van der Waals surface area contributed by atoms with Crippen LogP contribution in [0.15, 0.2) is 18.2 Å². The number of rotatable bonds is 9. The molecule has 1 N–H and O–H groups in total. The summed E-state index contributed by atoms with van der Waals surface area (Å²) in [5.74, 6) is 0.614. The molecule has 27 heavy (non-hydrogen) atoms. The van der Waals surface area contributed by atoms with E-state index in [1.807, 2.05) is 0 Å². The Labute approximate surface area is 160 Å². The highest BCUT2D eigenvalue weighted by atomic mass is 16.6. The topological polar surface area (TPSA) is 83.1 Å². The predicted molar refractivity (Wildman–Crippen MR) is 100 cm³/mol. The molecule has 0 aromatic heterocycles. The van der Waals surface area contributed by atoms with Gasteiger partial charge in [0.2, 0.25) is 0 Å². The first-order valence-corrected chi connectivity index (χ1v) is 9.32. The molecule has 2 rings (SSSR count). The van der Waals surface area contributed by atoms with Crippen LogP contribution in [0.5, 0.6) is 11.5 Å². The molecule has 0 radical (unpaired) electrons. The second kappa shape index (κ2) is 10.8. The molecule has 0 bridgehead atoms. The number of carbonyl (C=O) groups is 2. The number of nitrogens with one attached hydrogen (secondary N) is 1. The first-order valence-electron chi connectivity index (χ1n) is 9.32. The molecule has 1 aromatic carbocycles. The number of hydrogen-bond acceptors (Lipinski definition) is 6. The summed E-state index contributed by atoms with van der Waals surface area (Å²) in [6, 6.07) is 4.79. The van der Waals surface area contributed by atoms with Crippen LogP contribution >= 0.6 is 0 Å². The van der Waals surface area contributed by atoms with Crippen molar-refractivity contribution in [2.24, 2.45) is 5.92 Å². The fourth-order valence-corrected chi connectivity index (χ4v) is 3.13. The van der Waals surface area contributed by atoms with E-state index in [-0.39, 0.29) is 12.5 Å². The molecule has 0 spiro atoms. The Kier molecular flexibility index (Phi) is 8.39. The van der Waals surface area contributed by atoms with E-state index < -0.39 is 5.97 Å². The zero-order valence-corrected chi connectivity index (χ0v) is 16.3. The lowest BCUT2D eigenvalue weighted by Gasteiger charge is -2.28. The lowest BCUT2D eigenvalue weighted by atomic mass is 9.88. The summed E-state index contributed by atoms with van der Waals surface area (Å²) in [6.07, 6.45) is 5.09. The van der Waals surface area contributed by atoms with Gasteiger partial charge in [0, 0.05) is 12.1 Å². The second-order valence-electron chi connectivity index (χ2n) is 6.66. The van der Waals surface area contributed by atoms with Gasteiger partial charge >= 0.3 is 5.97 Å². The quantitative estimate of drug-likeness (QED) is 0.524. The number of carbonyl (C=O) groups excluding carboxylic acids is 2. The molecule has 1 aliphatic carbocycles. The molecule has 150 valence electrons. The van der Waals surface area contributed by atoms with Crippen molar-refractivity contribution in [1.82, 2.24) is 5.32 Å². The molecule has 0 heterocycles. The van der Waals surface area contributed by atoms with Crippen LogP contribution in [0.25, 0.3) is 0 Å². The maximum atomic E-state index is 12.3. The summed E-state index contributed by atoms with van der Waals surface area (Å²) >= 11 is 0.